The highest BCUT2D eigenvalue weighted by atomic mass is 32.2. The molecule has 2 fully saturated rings. The number of piperazine rings is 1. The first-order valence-electron chi connectivity index (χ1n) is 9.93. The molecule has 1 unspecified atom stereocenters. The van der Waals surface area contributed by atoms with Gasteiger partial charge in [-0.1, -0.05) is 26.0 Å². The third kappa shape index (κ3) is 4.36. The largest absolute Gasteiger partial charge is 0.341 e. The molecule has 0 N–H and O–H groups in total. The van der Waals surface area contributed by atoms with Crippen LogP contribution in [0.4, 0.5) is 0 Å². The van der Waals surface area contributed by atoms with Crippen molar-refractivity contribution >= 4 is 15.9 Å². The van der Waals surface area contributed by atoms with Crippen LogP contribution in [0.25, 0.3) is 0 Å². The van der Waals surface area contributed by atoms with Crippen LogP contribution in [0.5, 0.6) is 0 Å². The first-order valence-corrected chi connectivity index (χ1v) is 11.4. The molecule has 0 aromatic heterocycles. The van der Waals surface area contributed by atoms with E-state index >= 15 is 0 Å². The average molecular weight is 394 g/mol. The Bertz CT molecular complexity index is 747. The number of sulfonamides is 1. The van der Waals surface area contributed by atoms with Gasteiger partial charge < -0.3 is 4.90 Å². The number of likely N-dealkylation sites (tertiary alicyclic amines) is 1. The Kier molecular flexibility index (Phi) is 6.23. The zero-order chi connectivity index (χ0) is 19.6. The Morgan fingerprint density at radius 2 is 1.44 bits per heavy atom. The van der Waals surface area contributed by atoms with Gasteiger partial charge in [0.2, 0.25) is 15.9 Å². The van der Waals surface area contributed by atoms with Crippen LogP contribution in [-0.4, -0.2) is 73.7 Å². The predicted molar refractivity (Wildman–Crippen MR) is 106 cm³/mol. The topological polar surface area (TPSA) is 60.9 Å². The summed E-state index contributed by atoms with van der Waals surface area (Å²) in [5, 5.41) is 0. The van der Waals surface area contributed by atoms with E-state index in [9.17, 15) is 13.2 Å². The number of hydrogen-bond acceptors (Lipinski definition) is 4. The van der Waals surface area contributed by atoms with Crippen molar-refractivity contribution < 1.29 is 13.2 Å². The highest BCUT2D eigenvalue weighted by Crippen LogP contribution is 2.22. The molecular formula is C20H31N3O3S. The van der Waals surface area contributed by atoms with Crippen molar-refractivity contribution in [2.24, 2.45) is 0 Å². The van der Waals surface area contributed by atoms with Gasteiger partial charge in [-0.05, 0) is 43.4 Å². The minimum Gasteiger partial charge on any atom is -0.341 e. The molecule has 2 heterocycles. The Morgan fingerprint density at radius 1 is 0.889 bits per heavy atom. The Morgan fingerprint density at radius 3 is 1.96 bits per heavy atom. The molecule has 0 spiro atoms. The minimum atomic E-state index is -3.48. The van der Waals surface area contributed by atoms with E-state index in [1.54, 1.807) is 16.4 Å². The van der Waals surface area contributed by atoms with E-state index in [0.717, 1.165) is 31.5 Å². The first-order chi connectivity index (χ1) is 12.8. The van der Waals surface area contributed by atoms with E-state index in [1.165, 1.54) is 0 Å². The maximum absolute atomic E-state index is 12.9. The van der Waals surface area contributed by atoms with E-state index in [-0.39, 0.29) is 11.9 Å². The molecule has 0 saturated carbocycles. The van der Waals surface area contributed by atoms with Crippen molar-refractivity contribution in [1.82, 2.24) is 14.1 Å². The lowest BCUT2D eigenvalue weighted by Gasteiger charge is -2.37. The number of hydrogen-bond donors (Lipinski definition) is 0. The molecule has 150 valence electrons. The fourth-order valence-electron chi connectivity index (χ4n) is 3.86. The average Bonchev–Trinajstić information content (AvgIpc) is 3.21. The first kappa shape index (κ1) is 20.3. The van der Waals surface area contributed by atoms with E-state index in [1.807, 2.05) is 24.0 Å². The molecule has 0 aliphatic carbocycles. The van der Waals surface area contributed by atoms with Crippen molar-refractivity contribution in [1.29, 1.82) is 0 Å². The summed E-state index contributed by atoms with van der Waals surface area (Å²) < 4.78 is 27.4. The normalized spacial score (nSPS) is 21.0. The number of nitrogens with zero attached hydrogens (tertiary/aromatic N) is 3. The Hall–Kier alpha value is -1.44. The summed E-state index contributed by atoms with van der Waals surface area (Å²) in [6, 6.07) is 7.01. The van der Waals surface area contributed by atoms with Crippen molar-refractivity contribution in [3.05, 3.63) is 29.8 Å². The summed E-state index contributed by atoms with van der Waals surface area (Å²) in [5.41, 5.74) is 1.13. The smallest absolute Gasteiger partial charge is 0.243 e. The fraction of sp³-hybridized carbons (Fsp3) is 0.650. The molecule has 1 aromatic rings. The van der Waals surface area contributed by atoms with Crippen molar-refractivity contribution in [3.8, 4) is 0 Å². The fourth-order valence-corrected chi connectivity index (χ4v) is 5.29. The van der Waals surface area contributed by atoms with E-state index < -0.39 is 10.0 Å². The van der Waals surface area contributed by atoms with Crippen LogP contribution in [-0.2, 0) is 14.8 Å². The number of amides is 1. The molecule has 7 heteroatoms. The second-order valence-corrected chi connectivity index (χ2v) is 9.81. The lowest BCUT2D eigenvalue weighted by molar-refractivity contribution is -0.135. The van der Waals surface area contributed by atoms with Crippen molar-refractivity contribution in [2.45, 2.75) is 50.5 Å². The van der Waals surface area contributed by atoms with Gasteiger partial charge in [0.15, 0.2) is 0 Å². The lowest BCUT2D eigenvalue weighted by Crippen LogP contribution is -2.55. The summed E-state index contributed by atoms with van der Waals surface area (Å²) in [7, 11) is -3.48. The maximum atomic E-state index is 12.9. The molecule has 0 radical (unpaired) electrons. The molecule has 1 atom stereocenters. The van der Waals surface area contributed by atoms with Crippen LogP contribution in [0.2, 0.25) is 0 Å². The quantitative estimate of drug-likeness (QED) is 0.769. The van der Waals surface area contributed by atoms with Crippen LogP contribution >= 0.6 is 0 Å². The second-order valence-electron chi connectivity index (χ2n) is 7.87. The van der Waals surface area contributed by atoms with Gasteiger partial charge in [0, 0.05) is 39.3 Å². The van der Waals surface area contributed by atoms with Crippen LogP contribution in [0.15, 0.2) is 29.2 Å². The van der Waals surface area contributed by atoms with Gasteiger partial charge in [-0.15, -0.1) is 0 Å². The molecule has 2 aliphatic rings. The van der Waals surface area contributed by atoms with Gasteiger partial charge in [-0.3, -0.25) is 9.69 Å². The number of benzene rings is 1. The summed E-state index contributed by atoms with van der Waals surface area (Å²) >= 11 is 0. The number of carbonyl (C=O) groups excluding carboxylic acids is 1. The van der Waals surface area contributed by atoms with Gasteiger partial charge in [0.05, 0.1) is 10.9 Å². The summed E-state index contributed by atoms with van der Waals surface area (Å²) in [4.78, 5) is 17.0. The van der Waals surface area contributed by atoms with Crippen molar-refractivity contribution in [3.63, 3.8) is 0 Å². The molecule has 3 rings (SSSR count). The predicted octanol–water partition coefficient (Wildman–Crippen LogP) is 2.13. The molecular weight excluding hydrogens is 362 g/mol. The third-order valence-electron chi connectivity index (χ3n) is 5.78. The minimum absolute atomic E-state index is 0.174. The third-order valence-corrected chi connectivity index (χ3v) is 7.69. The summed E-state index contributed by atoms with van der Waals surface area (Å²) in [6.07, 6.45) is 2.17. The zero-order valence-corrected chi connectivity index (χ0v) is 17.4. The molecule has 1 amide bonds. The van der Waals surface area contributed by atoms with Gasteiger partial charge >= 0.3 is 0 Å². The maximum Gasteiger partial charge on any atom is 0.243 e. The van der Waals surface area contributed by atoms with E-state index in [0.29, 0.717) is 37.0 Å². The molecule has 0 bridgehead atoms. The van der Waals surface area contributed by atoms with Crippen molar-refractivity contribution in [2.75, 3.05) is 39.3 Å². The second kappa shape index (κ2) is 8.29. The monoisotopic (exact) mass is 393 g/mol. The van der Waals surface area contributed by atoms with Crippen LogP contribution in [0, 0.1) is 0 Å². The summed E-state index contributed by atoms with van der Waals surface area (Å²) in [6.45, 7) is 9.84. The number of carbonyl (C=O) groups is 1. The van der Waals surface area contributed by atoms with E-state index in [4.69, 9.17) is 0 Å². The SMILES string of the molecule is CC(C)c1ccc(S(=O)(=O)N2CCN(C(C)C(=O)N3CCCC3)CC2)cc1. The van der Waals surface area contributed by atoms with Crippen LogP contribution < -0.4 is 0 Å². The van der Waals surface area contributed by atoms with Gasteiger partial charge in [-0.2, -0.15) is 4.31 Å². The van der Waals surface area contributed by atoms with Crippen LogP contribution in [0.3, 0.4) is 0 Å². The van der Waals surface area contributed by atoms with Gasteiger partial charge in [-0.25, -0.2) is 8.42 Å². The zero-order valence-electron chi connectivity index (χ0n) is 16.6. The highest BCUT2D eigenvalue weighted by molar-refractivity contribution is 7.89. The Labute approximate surface area is 163 Å². The highest BCUT2D eigenvalue weighted by Gasteiger charge is 2.33. The standard InChI is InChI=1S/C20H31N3O3S/c1-16(2)18-6-8-19(9-7-18)27(25,26)23-14-12-21(13-15-23)17(3)20(24)22-10-4-5-11-22/h6-9,16-17H,4-5,10-15H2,1-3H3. The van der Waals surface area contributed by atoms with E-state index in [2.05, 4.69) is 18.7 Å². The molecule has 2 aliphatic heterocycles. The Balaban J connectivity index is 1.61. The van der Waals surface area contributed by atoms with Gasteiger partial charge in [0.25, 0.3) is 0 Å². The molecule has 1 aromatic carbocycles. The lowest BCUT2D eigenvalue weighted by atomic mass is 10.0. The number of rotatable bonds is 5. The molecule has 6 nitrogen and oxygen atoms in total. The van der Waals surface area contributed by atoms with Gasteiger partial charge in [0.1, 0.15) is 0 Å². The molecule has 27 heavy (non-hydrogen) atoms. The van der Waals surface area contributed by atoms with Crippen LogP contribution in [0.1, 0.15) is 45.1 Å². The molecule has 2 saturated heterocycles. The summed E-state index contributed by atoms with van der Waals surface area (Å²) in [5.74, 6) is 0.549.